The average molecular weight is 411 g/mol. The second-order valence-electron chi connectivity index (χ2n) is 6.62. The molecule has 1 aromatic heterocycles. The molecule has 3 N–H and O–H groups in total. The molecular weight excluding hydrogens is 391 g/mol. The molecule has 1 aliphatic heterocycles. The zero-order valence-electron chi connectivity index (χ0n) is 15.1. The molecule has 2 atom stereocenters. The molecule has 8 nitrogen and oxygen atoms in total. The Balaban J connectivity index is 2.01. The first-order valence-electron chi connectivity index (χ1n) is 8.19. The molecule has 1 saturated heterocycles. The standard InChI is InChI=1S/C16H20BNO7P2/c1-10-5-6-13(14(17)11(10)2)15-24-26(20,21)16(19,27(22,23)25-15)8-12-4-3-7-18-9-12/h3-7,9,15,19H,8,17H2,1-2H3,(H,20,21)(H,22,23). The van der Waals surface area contributed by atoms with Crippen molar-refractivity contribution >= 4 is 28.5 Å². The lowest BCUT2D eigenvalue weighted by Gasteiger charge is -2.41. The van der Waals surface area contributed by atoms with E-state index in [1.807, 2.05) is 13.8 Å². The van der Waals surface area contributed by atoms with Crippen molar-refractivity contribution in [1.82, 2.24) is 4.98 Å². The fourth-order valence-electron chi connectivity index (χ4n) is 2.93. The number of aliphatic hydroxyl groups is 1. The van der Waals surface area contributed by atoms with Crippen molar-refractivity contribution < 1.29 is 33.1 Å². The molecule has 2 aromatic rings. The van der Waals surface area contributed by atoms with Gasteiger partial charge in [0.2, 0.25) is 6.29 Å². The zero-order valence-corrected chi connectivity index (χ0v) is 16.9. The third-order valence-electron chi connectivity index (χ3n) is 4.90. The molecule has 0 bridgehead atoms. The van der Waals surface area contributed by atoms with Gasteiger partial charge in [-0.15, -0.1) is 0 Å². The van der Waals surface area contributed by atoms with Crippen LogP contribution in [0.2, 0.25) is 0 Å². The van der Waals surface area contributed by atoms with Gasteiger partial charge in [0.05, 0.1) is 0 Å². The summed E-state index contributed by atoms with van der Waals surface area (Å²) in [5.41, 5.74) is 3.23. The van der Waals surface area contributed by atoms with Gasteiger partial charge < -0.3 is 14.9 Å². The van der Waals surface area contributed by atoms with Crippen LogP contribution in [0.4, 0.5) is 0 Å². The number of benzene rings is 1. The predicted molar refractivity (Wildman–Crippen MR) is 102 cm³/mol. The van der Waals surface area contributed by atoms with Crippen molar-refractivity contribution in [3.8, 4) is 0 Å². The summed E-state index contributed by atoms with van der Waals surface area (Å²) < 4.78 is 35.9. The molecule has 0 saturated carbocycles. The Kier molecular flexibility index (Phi) is 5.25. The smallest absolute Gasteiger partial charge is 0.367 e. The second kappa shape index (κ2) is 6.94. The fraction of sp³-hybridized carbons (Fsp3) is 0.312. The van der Waals surface area contributed by atoms with Crippen LogP contribution in [-0.4, -0.2) is 32.8 Å². The van der Waals surface area contributed by atoms with E-state index in [0.717, 1.165) is 11.1 Å². The van der Waals surface area contributed by atoms with Crippen molar-refractivity contribution in [2.45, 2.75) is 31.6 Å². The minimum atomic E-state index is -4.97. The third kappa shape index (κ3) is 3.45. The highest BCUT2D eigenvalue weighted by Crippen LogP contribution is 2.78. The molecule has 27 heavy (non-hydrogen) atoms. The van der Waals surface area contributed by atoms with Crippen molar-refractivity contribution in [3.63, 3.8) is 0 Å². The van der Waals surface area contributed by atoms with Gasteiger partial charge in [0.15, 0.2) is 0 Å². The van der Waals surface area contributed by atoms with Crippen LogP contribution in [0.25, 0.3) is 0 Å². The quantitative estimate of drug-likeness (QED) is 0.509. The molecule has 2 unspecified atom stereocenters. The maximum Gasteiger partial charge on any atom is 0.374 e. The van der Waals surface area contributed by atoms with Gasteiger partial charge in [0, 0.05) is 24.4 Å². The number of rotatable bonds is 3. The first-order chi connectivity index (χ1) is 12.5. The van der Waals surface area contributed by atoms with E-state index in [1.54, 1.807) is 20.0 Å². The number of aromatic nitrogens is 1. The molecule has 0 aliphatic carbocycles. The minimum absolute atomic E-state index is 0.288. The Morgan fingerprint density at radius 1 is 1.19 bits per heavy atom. The Morgan fingerprint density at radius 3 is 2.37 bits per heavy atom. The molecule has 3 rings (SSSR count). The Morgan fingerprint density at radius 2 is 1.81 bits per heavy atom. The molecule has 1 aliphatic rings. The van der Waals surface area contributed by atoms with Gasteiger partial charge in [0.1, 0.15) is 7.85 Å². The van der Waals surface area contributed by atoms with Gasteiger partial charge in [-0.2, -0.15) is 0 Å². The van der Waals surface area contributed by atoms with E-state index in [1.165, 1.54) is 24.5 Å². The van der Waals surface area contributed by atoms with E-state index in [0.29, 0.717) is 11.0 Å². The lowest BCUT2D eigenvalue weighted by Crippen LogP contribution is -2.38. The van der Waals surface area contributed by atoms with Crippen LogP contribution in [0.5, 0.6) is 0 Å². The normalized spacial score (nSPS) is 33.7. The van der Waals surface area contributed by atoms with E-state index in [4.69, 9.17) is 9.05 Å². The lowest BCUT2D eigenvalue weighted by atomic mass is 9.84. The summed E-state index contributed by atoms with van der Waals surface area (Å²) in [7, 11) is -8.19. The van der Waals surface area contributed by atoms with E-state index in [9.17, 15) is 24.0 Å². The molecule has 2 heterocycles. The first-order valence-corrected chi connectivity index (χ1v) is 11.3. The number of aryl methyl sites for hydroxylation is 1. The molecule has 0 spiro atoms. The second-order valence-corrected chi connectivity index (χ2v) is 11.0. The summed E-state index contributed by atoms with van der Waals surface area (Å²) in [5.74, 6) is 0. The molecule has 11 heteroatoms. The molecule has 0 amide bonds. The highest BCUT2D eigenvalue weighted by atomic mass is 31.2. The van der Waals surface area contributed by atoms with Crippen LogP contribution in [0, 0.1) is 13.8 Å². The topological polar surface area (TPSA) is 126 Å². The van der Waals surface area contributed by atoms with Crippen molar-refractivity contribution in [3.05, 3.63) is 58.9 Å². The van der Waals surface area contributed by atoms with Gasteiger partial charge in [-0.1, -0.05) is 29.2 Å². The number of nitrogens with zero attached hydrogens (tertiary/aromatic N) is 1. The third-order valence-corrected chi connectivity index (χ3v) is 9.50. The number of hydrogen-bond acceptors (Lipinski definition) is 6. The van der Waals surface area contributed by atoms with E-state index in [2.05, 4.69) is 4.98 Å². The zero-order chi connectivity index (χ0) is 20.0. The predicted octanol–water partition coefficient (Wildman–Crippen LogP) is 1.26. The van der Waals surface area contributed by atoms with Gasteiger partial charge in [0.25, 0.3) is 5.08 Å². The molecule has 1 fully saturated rings. The van der Waals surface area contributed by atoms with Gasteiger partial charge in [-0.05, 0) is 31.0 Å². The maximum absolute atomic E-state index is 12.8. The summed E-state index contributed by atoms with van der Waals surface area (Å²) in [6.07, 6.45) is 0.611. The summed E-state index contributed by atoms with van der Waals surface area (Å²) in [6, 6.07) is 6.40. The number of hydrogen-bond donors (Lipinski definition) is 3. The SMILES string of the molecule is Bc1c(C2OP(=O)(O)C(O)(Cc3cccnc3)P(=O)(O)O2)ccc(C)c1C. The summed E-state index contributed by atoms with van der Waals surface area (Å²) in [4.78, 5) is 24.6. The molecule has 1 aromatic carbocycles. The first kappa shape index (κ1) is 20.4. The summed E-state index contributed by atoms with van der Waals surface area (Å²) >= 11 is 0. The molecule has 0 radical (unpaired) electrons. The van der Waals surface area contributed by atoms with E-state index in [-0.39, 0.29) is 5.56 Å². The Bertz CT molecular complexity index is 943. The van der Waals surface area contributed by atoms with Crippen LogP contribution in [-0.2, 0) is 24.6 Å². The van der Waals surface area contributed by atoms with Crippen molar-refractivity contribution in [2.75, 3.05) is 0 Å². The van der Waals surface area contributed by atoms with Crippen LogP contribution < -0.4 is 5.46 Å². The summed E-state index contributed by atoms with van der Waals surface area (Å²) in [6.45, 7) is 3.75. The van der Waals surface area contributed by atoms with Crippen molar-refractivity contribution in [2.24, 2.45) is 0 Å². The molecule has 144 valence electrons. The van der Waals surface area contributed by atoms with Crippen LogP contribution in [0.3, 0.4) is 0 Å². The van der Waals surface area contributed by atoms with Gasteiger partial charge >= 0.3 is 15.2 Å². The van der Waals surface area contributed by atoms with Gasteiger partial charge in [-0.25, -0.2) is 0 Å². The largest absolute Gasteiger partial charge is 0.374 e. The van der Waals surface area contributed by atoms with Crippen LogP contribution >= 0.6 is 15.2 Å². The van der Waals surface area contributed by atoms with E-state index >= 15 is 0 Å². The minimum Gasteiger partial charge on any atom is -0.367 e. The summed E-state index contributed by atoms with van der Waals surface area (Å²) in [5, 5.41) is 7.72. The fourth-order valence-corrected chi connectivity index (χ4v) is 6.49. The average Bonchev–Trinajstić information content (AvgIpc) is 2.58. The highest BCUT2D eigenvalue weighted by molar-refractivity contribution is 7.73. The highest BCUT2D eigenvalue weighted by Gasteiger charge is 2.67. The van der Waals surface area contributed by atoms with Gasteiger partial charge in [-0.3, -0.25) is 23.2 Å². The Hall–Kier alpha value is -1.31. The molecular formula is C16H20BNO7P2. The Labute approximate surface area is 157 Å². The van der Waals surface area contributed by atoms with Crippen molar-refractivity contribution in [1.29, 1.82) is 0 Å². The van der Waals surface area contributed by atoms with Crippen LogP contribution in [0.1, 0.15) is 28.5 Å². The van der Waals surface area contributed by atoms with E-state index < -0.39 is 33.0 Å². The lowest BCUT2D eigenvalue weighted by molar-refractivity contribution is -0.0573. The number of pyridine rings is 1. The maximum atomic E-state index is 12.8. The monoisotopic (exact) mass is 411 g/mol. The van der Waals surface area contributed by atoms with Crippen LogP contribution in [0.15, 0.2) is 36.7 Å².